The van der Waals surface area contributed by atoms with E-state index in [0.29, 0.717) is 0 Å². The number of ether oxygens (including phenoxy) is 1. The van der Waals surface area contributed by atoms with Gasteiger partial charge in [0.15, 0.2) is 5.69 Å². The van der Waals surface area contributed by atoms with E-state index in [4.69, 9.17) is 4.74 Å². The number of halogens is 1. The lowest BCUT2D eigenvalue weighted by molar-refractivity contribution is -0.383. The summed E-state index contributed by atoms with van der Waals surface area (Å²) in [5, 5.41) is 10.8. The van der Waals surface area contributed by atoms with Crippen LogP contribution in [0.15, 0.2) is 24.5 Å². The van der Waals surface area contributed by atoms with Crippen LogP contribution in [0, 0.1) is 10.1 Å². The second-order valence-electron chi connectivity index (χ2n) is 3.23. The number of carbonyl (C=O) groups is 1. The average molecular weight is 316 g/mol. The molecule has 0 aromatic carbocycles. The molecule has 0 aliphatic heterocycles. The molecule has 0 radical (unpaired) electrons. The lowest BCUT2D eigenvalue weighted by Crippen LogP contribution is -2.04. The third kappa shape index (κ3) is 2.48. The van der Waals surface area contributed by atoms with Gasteiger partial charge in [0.25, 0.3) is 0 Å². The molecular weight excluding hydrogens is 306 g/mol. The van der Waals surface area contributed by atoms with Gasteiger partial charge in [0, 0.05) is 18.5 Å². The van der Waals surface area contributed by atoms with Gasteiger partial charge in [-0.3, -0.25) is 10.1 Å². The number of fused-ring (bicyclic) bond motifs is 1. The second kappa shape index (κ2) is 5.58. The van der Waals surface area contributed by atoms with Crippen LogP contribution in [-0.2, 0) is 4.74 Å². The normalized spacial score (nSPS) is 9.83. The molecule has 7 nitrogen and oxygen atoms in total. The first kappa shape index (κ1) is 14.1. The maximum Gasteiger partial charge on any atom is 0.358 e. The molecule has 18 heavy (non-hydrogen) atoms. The van der Waals surface area contributed by atoms with E-state index in [1.165, 1.54) is 22.7 Å². The number of hydrogen-bond donors (Lipinski definition) is 0. The minimum atomic E-state index is -0.592. The number of hydrogen-bond acceptors (Lipinski definition) is 5. The van der Waals surface area contributed by atoms with E-state index >= 15 is 0 Å². The van der Waals surface area contributed by atoms with Crippen LogP contribution in [0.2, 0.25) is 0 Å². The highest BCUT2D eigenvalue weighted by Crippen LogP contribution is 2.18. The van der Waals surface area contributed by atoms with Crippen LogP contribution in [0.25, 0.3) is 5.65 Å². The molecule has 96 valence electrons. The minimum Gasteiger partial charge on any atom is -0.461 e. The van der Waals surface area contributed by atoms with Crippen molar-refractivity contribution in [3.05, 3.63) is 40.3 Å². The lowest BCUT2D eigenvalue weighted by Gasteiger charge is -1.95. The first-order chi connectivity index (χ1) is 8.13. The Morgan fingerprint density at radius 2 is 2.33 bits per heavy atom. The maximum atomic E-state index is 11.4. The van der Waals surface area contributed by atoms with Crippen LogP contribution in [-0.4, -0.2) is 26.9 Å². The van der Waals surface area contributed by atoms with E-state index in [9.17, 15) is 14.9 Å². The Hall–Kier alpha value is -1.96. The van der Waals surface area contributed by atoms with Gasteiger partial charge >= 0.3 is 11.7 Å². The van der Waals surface area contributed by atoms with Crippen molar-refractivity contribution < 1.29 is 14.5 Å². The Kier molecular flexibility index (Phi) is 4.38. The van der Waals surface area contributed by atoms with Crippen molar-refractivity contribution in [1.29, 1.82) is 0 Å². The highest BCUT2D eigenvalue weighted by atomic mass is 79.9. The predicted molar refractivity (Wildman–Crippen MR) is 68.1 cm³/mol. The van der Waals surface area contributed by atoms with Crippen molar-refractivity contribution in [1.82, 2.24) is 9.38 Å². The van der Waals surface area contributed by atoms with Gasteiger partial charge in [-0.1, -0.05) is 0 Å². The number of nitrogens with zero attached hydrogens (tertiary/aromatic N) is 3. The number of pyridine rings is 1. The van der Waals surface area contributed by atoms with Crippen molar-refractivity contribution in [3.8, 4) is 0 Å². The number of esters is 1. The Balaban J connectivity index is 0.00000162. The summed E-state index contributed by atoms with van der Waals surface area (Å²) in [7, 11) is 0. The fraction of sp³-hybridized carbons (Fsp3) is 0.200. The molecular formula is C10H10BrN3O4. The number of carbonyl (C=O) groups excluding carboxylic acids is 1. The Morgan fingerprint density at radius 3 is 2.94 bits per heavy atom. The quantitative estimate of drug-likeness (QED) is 0.491. The molecule has 2 rings (SSSR count). The molecule has 0 spiro atoms. The fourth-order valence-electron chi connectivity index (χ4n) is 1.44. The van der Waals surface area contributed by atoms with Crippen LogP contribution in [0.1, 0.15) is 17.4 Å². The topological polar surface area (TPSA) is 86.7 Å². The van der Waals surface area contributed by atoms with E-state index < -0.39 is 10.9 Å². The molecule has 0 fully saturated rings. The molecule has 0 saturated heterocycles. The standard InChI is InChI=1S/C10H9N3O4.BrH/c1-2-17-10(14)7-6-12-5-3-4-8(13(15)16)9(12)11-7;/h3-6H,2H2,1H3;1H. The van der Waals surface area contributed by atoms with Gasteiger partial charge in [0.2, 0.25) is 5.65 Å². The van der Waals surface area contributed by atoms with E-state index in [1.807, 2.05) is 0 Å². The van der Waals surface area contributed by atoms with Crippen molar-refractivity contribution in [3.63, 3.8) is 0 Å². The molecule has 0 atom stereocenters. The van der Waals surface area contributed by atoms with Crippen molar-refractivity contribution in [2.75, 3.05) is 6.61 Å². The summed E-state index contributed by atoms with van der Waals surface area (Å²) in [6.07, 6.45) is 2.98. The molecule has 0 amide bonds. The SMILES string of the molecule is Br.CCOC(=O)c1cn2cccc([N+](=O)[O-])c2n1. The molecule has 8 heteroatoms. The molecule has 0 aliphatic carbocycles. The molecule has 0 N–H and O–H groups in total. The smallest absolute Gasteiger partial charge is 0.358 e. The van der Waals surface area contributed by atoms with Gasteiger partial charge in [-0.2, -0.15) is 0 Å². The third-order valence-corrected chi connectivity index (χ3v) is 2.14. The van der Waals surface area contributed by atoms with E-state index in [0.717, 1.165) is 0 Å². The second-order valence-corrected chi connectivity index (χ2v) is 3.23. The highest BCUT2D eigenvalue weighted by Gasteiger charge is 2.18. The van der Waals surface area contributed by atoms with Crippen LogP contribution in [0.5, 0.6) is 0 Å². The third-order valence-electron chi connectivity index (χ3n) is 2.14. The Labute approximate surface area is 112 Å². The van der Waals surface area contributed by atoms with E-state index in [-0.39, 0.29) is 40.6 Å². The minimum absolute atomic E-state index is 0. The summed E-state index contributed by atoms with van der Waals surface area (Å²) in [6, 6.07) is 2.85. The monoisotopic (exact) mass is 315 g/mol. The molecule has 0 saturated carbocycles. The zero-order valence-electron chi connectivity index (χ0n) is 9.40. The Morgan fingerprint density at radius 1 is 1.61 bits per heavy atom. The van der Waals surface area contributed by atoms with Crippen LogP contribution >= 0.6 is 17.0 Å². The van der Waals surface area contributed by atoms with Gasteiger partial charge in [-0.05, 0) is 13.0 Å². The number of aromatic nitrogens is 2. The van der Waals surface area contributed by atoms with Crippen LogP contribution in [0.4, 0.5) is 5.69 Å². The lowest BCUT2D eigenvalue weighted by atomic mass is 10.4. The van der Waals surface area contributed by atoms with Crippen LogP contribution < -0.4 is 0 Å². The van der Waals surface area contributed by atoms with Gasteiger partial charge in [0.1, 0.15) is 0 Å². The van der Waals surface area contributed by atoms with Gasteiger partial charge in [-0.15, -0.1) is 17.0 Å². The summed E-state index contributed by atoms with van der Waals surface area (Å²) >= 11 is 0. The number of rotatable bonds is 3. The van der Waals surface area contributed by atoms with E-state index in [2.05, 4.69) is 4.98 Å². The van der Waals surface area contributed by atoms with E-state index in [1.54, 1.807) is 13.1 Å². The zero-order chi connectivity index (χ0) is 12.4. The predicted octanol–water partition coefficient (Wildman–Crippen LogP) is 2.00. The van der Waals surface area contributed by atoms with Crippen molar-refractivity contribution in [2.24, 2.45) is 0 Å². The zero-order valence-corrected chi connectivity index (χ0v) is 11.1. The van der Waals surface area contributed by atoms with Crippen LogP contribution in [0.3, 0.4) is 0 Å². The molecule has 2 aromatic heterocycles. The summed E-state index contributed by atoms with van der Waals surface area (Å²) in [6.45, 7) is 1.91. The Bertz CT molecular complexity index is 596. The first-order valence-corrected chi connectivity index (χ1v) is 4.92. The molecule has 0 bridgehead atoms. The number of nitro groups is 1. The number of imidazole rings is 1. The highest BCUT2D eigenvalue weighted by molar-refractivity contribution is 8.93. The molecule has 0 unspecified atom stereocenters. The van der Waals surface area contributed by atoms with Gasteiger partial charge < -0.3 is 9.14 Å². The summed E-state index contributed by atoms with van der Waals surface area (Å²) in [5.74, 6) is -0.592. The van der Waals surface area contributed by atoms with Crippen molar-refractivity contribution >= 4 is 34.3 Å². The van der Waals surface area contributed by atoms with Gasteiger partial charge in [-0.25, -0.2) is 9.78 Å². The summed E-state index contributed by atoms with van der Waals surface area (Å²) in [5.41, 5.74) is 0.0322. The molecule has 2 heterocycles. The summed E-state index contributed by atoms with van der Waals surface area (Å²) < 4.78 is 6.19. The van der Waals surface area contributed by atoms with Crippen molar-refractivity contribution in [2.45, 2.75) is 6.92 Å². The largest absolute Gasteiger partial charge is 0.461 e. The summed E-state index contributed by atoms with van der Waals surface area (Å²) in [4.78, 5) is 25.5. The molecule has 2 aromatic rings. The first-order valence-electron chi connectivity index (χ1n) is 4.92. The maximum absolute atomic E-state index is 11.4. The molecule has 0 aliphatic rings. The fourth-order valence-corrected chi connectivity index (χ4v) is 1.44. The van der Waals surface area contributed by atoms with Gasteiger partial charge in [0.05, 0.1) is 11.5 Å². The average Bonchev–Trinajstić information content (AvgIpc) is 2.72.